The van der Waals surface area contributed by atoms with Crippen LogP contribution in [0.3, 0.4) is 0 Å². The second-order valence-corrected chi connectivity index (χ2v) is 7.21. The minimum atomic E-state index is -0.540. The lowest BCUT2D eigenvalue weighted by Gasteiger charge is -2.07. The van der Waals surface area contributed by atoms with E-state index in [2.05, 4.69) is 4.99 Å². The monoisotopic (exact) mass is 440 g/mol. The van der Waals surface area contributed by atoms with Gasteiger partial charge in [0.15, 0.2) is 0 Å². The van der Waals surface area contributed by atoms with E-state index in [-0.39, 0.29) is 10.7 Å². The molecule has 8 heteroatoms. The first-order chi connectivity index (χ1) is 14.4. The molecular formula is C22H14Cl2N2O4. The van der Waals surface area contributed by atoms with Crippen LogP contribution in [0.1, 0.15) is 0 Å². The van der Waals surface area contributed by atoms with Gasteiger partial charge in [-0.15, -0.1) is 0 Å². The van der Waals surface area contributed by atoms with Crippen LogP contribution in [0.15, 0.2) is 76.1 Å². The highest BCUT2D eigenvalue weighted by Crippen LogP contribution is 2.30. The van der Waals surface area contributed by atoms with E-state index in [0.717, 1.165) is 5.56 Å². The number of nitrogens with zero attached hydrogens (tertiary/aromatic N) is 2. The Morgan fingerprint density at radius 2 is 1.77 bits per heavy atom. The molecule has 0 spiro atoms. The third kappa shape index (κ3) is 4.01. The van der Waals surface area contributed by atoms with Gasteiger partial charge in [0.1, 0.15) is 22.1 Å². The van der Waals surface area contributed by atoms with Gasteiger partial charge in [0.05, 0.1) is 23.1 Å². The third-order valence-electron chi connectivity index (χ3n) is 4.46. The molecule has 0 atom stereocenters. The van der Waals surface area contributed by atoms with E-state index in [4.69, 9.17) is 32.4 Å². The molecule has 1 heterocycles. The largest absolute Gasteiger partial charge is 0.497 e. The summed E-state index contributed by atoms with van der Waals surface area (Å²) >= 11 is 11.9. The molecule has 0 bridgehead atoms. The van der Waals surface area contributed by atoms with Crippen LogP contribution in [0.5, 0.6) is 5.75 Å². The van der Waals surface area contributed by atoms with Crippen LogP contribution in [0.4, 0.5) is 11.4 Å². The highest BCUT2D eigenvalue weighted by atomic mass is 35.5. The summed E-state index contributed by atoms with van der Waals surface area (Å²) in [6.45, 7) is 0. The molecule has 0 saturated heterocycles. The SMILES string of the molecule is COc1ccc2oc(-c3ccc(Cl)cc3)cc(=Nc3ccc(Cl)c([N+](=O)[O-])c3)c2c1. The number of rotatable bonds is 4. The van der Waals surface area contributed by atoms with Gasteiger partial charge in [-0.2, -0.15) is 0 Å². The normalized spacial score (nSPS) is 11.6. The lowest BCUT2D eigenvalue weighted by atomic mass is 10.1. The summed E-state index contributed by atoms with van der Waals surface area (Å²) in [6.07, 6.45) is 0. The quantitative estimate of drug-likeness (QED) is 0.266. The van der Waals surface area contributed by atoms with Crippen molar-refractivity contribution in [2.24, 2.45) is 4.99 Å². The van der Waals surface area contributed by atoms with Gasteiger partial charge in [-0.05, 0) is 54.6 Å². The zero-order chi connectivity index (χ0) is 21.3. The third-order valence-corrected chi connectivity index (χ3v) is 5.03. The van der Waals surface area contributed by atoms with E-state index in [1.807, 2.05) is 12.1 Å². The Hall–Kier alpha value is -3.35. The average Bonchev–Trinajstić information content (AvgIpc) is 2.75. The van der Waals surface area contributed by atoms with Crippen molar-refractivity contribution in [2.75, 3.05) is 7.11 Å². The molecule has 0 amide bonds. The Bertz CT molecular complexity index is 1330. The number of benzene rings is 3. The van der Waals surface area contributed by atoms with E-state index in [9.17, 15) is 10.1 Å². The van der Waals surface area contributed by atoms with Crippen LogP contribution in [-0.4, -0.2) is 12.0 Å². The van der Waals surface area contributed by atoms with E-state index in [0.29, 0.717) is 38.5 Å². The summed E-state index contributed by atoms with van der Waals surface area (Å²) in [4.78, 5) is 15.3. The van der Waals surface area contributed by atoms with E-state index >= 15 is 0 Å². The van der Waals surface area contributed by atoms with E-state index in [1.165, 1.54) is 12.1 Å². The van der Waals surface area contributed by atoms with Gasteiger partial charge in [-0.25, -0.2) is 4.99 Å². The van der Waals surface area contributed by atoms with E-state index < -0.39 is 4.92 Å². The van der Waals surface area contributed by atoms with Gasteiger partial charge >= 0.3 is 0 Å². The van der Waals surface area contributed by atoms with Crippen LogP contribution >= 0.6 is 23.2 Å². The van der Waals surface area contributed by atoms with Crippen LogP contribution in [-0.2, 0) is 0 Å². The molecule has 150 valence electrons. The molecule has 0 aliphatic heterocycles. The Morgan fingerprint density at radius 3 is 2.47 bits per heavy atom. The number of fused-ring (bicyclic) bond motifs is 1. The molecule has 4 aromatic rings. The summed E-state index contributed by atoms with van der Waals surface area (Å²) < 4.78 is 11.4. The van der Waals surface area contributed by atoms with Gasteiger partial charge in [0, 0.05) is 28.1 Å². The van der Waals surface area contributed by atoms with Crippen molar-refractivity contribution in [1.29, 1.82) is 0 Å². The lowest BCUT2D eigenvalue weighted by molar-refractivity contribution is -0.384. The first-order valence-corrected chi connectivity index (χ1v) is 9.57. The number of nitro benzene ring substituents is 1. The molecule has 1 aromatic heterocycles. The maximum Gasteiger partial charge on any atom is 0.290 e. The fourth-order valence-electron chi connectivity index (χ4n) is 2.97. The van der Waals surface area contributed by atoms with Gasteiger partial charge in [0.25, 0.3) is 5.69 Å². The molecule has 6 nitrogen and oxygen atoms in total. The molecule has 0 saturated carbocycles. The van der Waals surface area contributed by atoms with Crippen molar-refractivity contribution in [3.63, 3.8) is 0 Å². The van der Waals surface area contributed by atoms with E-state index in [1.54, 1.807) is 49.6 Å². The highest BCUT2D eigenvalue weighted by Gasteiger charge is 2.13. The Balaban J connectivity index is 1.98. The standard InChI is InChI=1S/C22H14Cl2N2O4/c1-29-16-7-9-21-17(11-16)19(12-22(30-21)13-2-4-14(23)5-3-13)25-15-6-8-18(24)20(10-15)26(27)28/h2-12H,1H3. The van der Waals surface area contributed by atoms with Gasteiger partial charge in [-0.1, -0.05) is 23.2 Å². The van der Waals surface area contributed by atoms with Crippen LogP contribution < -0.4 is 10.1 Å². The first kappa shape index (κ1) is 19.9. The molecule has 4 rings (SSSR count). The summed E-state index contributed by atoms with van der Waals surface area (Å²) in [5, 5.41) is 13.2. The fourth-order valence-corrected chi connectivity index (χ4v) is 3.29. The zero-order valence-electron chi connectivity index (χ0n) is 15.6. The number of hydrogen-bond donors (Lipinski definition) is 0. The highest BCUT2D eigenvalue weighted by molar-refractivity contribution is 6.32. The van der Waals surface area contributed by atoms with Crippen LogP contribution in [0, 0.1) is 10.1 Å². The van der Waals surface area contributed by atoms with Crippen molar-refractivity contribution < 1.29 is 14.1 Å². The minimum absolute atomic E-state index is 0.0513. The smallest absolute Gasteiger partial charge is 0.290 e. The summed E-state index contributed by atoms with van der Waals surface area (Å²) in [6, 6.07) is 18.8. The predicted octanol–water partition coefficient (Wildman–Crippen LogP) is 6.56. The number of hydrogen-bond acceptors (Lipinski definition) is 5. The Morgan fingerprint density at radius 1 is 1.00 bits per heavy atom. The number of methoxy groups -OCH3 is 1. The Kier molecular flexibility index (Phi) is 5.44. The second-order valence-electron chi connectivity index (χ2n) is 6.37. The van der Waals surface area contributed by atoms with Crippen molar-refractivity contribution in [3.8, 4) is 17.1 Å². The molecule has 0 fully saturated rings. The number of ether oxygens (including phenoxy) is 1. The maximum atomic E-state index is 11.2. The molecule has 0 aliphatic rings. The van der Waals surface area contributed by atoms with Gasteiger partial charge in [-0.3, -0.25) is 10.1 Å². The maximum absolute atomic E-state index is 11.2. The fraction of sp³-hybridized carbons (Fsp3) is 0.0455. The topological polar surface area (TPSA) is 77.9 Å². The molecule has 0 radical (unpaired) electrons. The van der Waals surface area contributed by atoms with Crippen molar-refractivity contribution in [3.05, 3.63) is 92.2 Å². The molecular weight excluding hydrogens is 427 g/mol. The minimum Gasteiger partial charge on any atom is -0.497 e. The molecule has 30 heavy (non-hydrogen) atoms. The molecule has 0 N–H and O–H groups in total. The predicted molar refractivity (Wildman–Crippen MR) is 117 cm³/mol. The second kappa shape index (κ2) is 8.18. The van der Waals surface area contributed by atoms with Gasteiger partial charge in [0.2, 0.25) is 0 Å². The van der Waals surface area contributed by atoms with Crippen molar-refractivity contribution in [2.45, 2.75) is 0 Å². The van der Waals surface area contributed by atoms with Crippen LogP contribution in [0.25, 0.3) is 22.3 Å². The number of nitro groups is 1. The van der Waals surface area contributed by atoms with Gasteiger partial charge < -0.3 is 9.15 Å². The Labute approximate surface area is 181 Å². The van der Waals surface area contributed by atoms with Crippen molar-refractivity contribution >= 4 is 45.5 Å². The lowest BCUT2D eigenvalue weighted by Crippen LogP contribution is -2.03. The molecule has 0 aliphatic carbocycles. The number of halogens is 2. The zero-order valence-corrected chi connectivity index (χ0v) is 17.1. The summed E-state index contributed by atoms with van der Waals surface area (Å²) in [7, 11) is 1.57. The first-order valence-electron chi connectivity index (χ1n) is 8.81. The van der Waals surface area contributed by atoms with Crippen molar-refractivity contribution in [1.82, 2.24) is 0 Å². The summed E-state index contributed by atoms with van der Waals surface area (Å²) in [5.41, 5.74) is 1.59. The average molecular weight is 441 g/mol. The molecule has 3 aromatic carbocycles. The molecule has 0 unspecified atom stereocenters. The summed E-state index contributed by atoms with van der Waals surface area (Å²) in [5.74, 6) is 1.21. The van der Waals surface area contributed by atoms with Crippen LogP contribution in [0.2, 0.25) is 10.0 Å².